The molecule has 4 nitrogen and oxygen atoms in total. The first-order valence-corrected chi connectivity index (χ1v) is 9.00. The molecule has 0 saturated carbocycles. The SMILES string of the molecule is COC(=O)c1c(C)cccc1Cl.COC(=O)c1c(Cl)cccc1CBr. The van der Waals surface area contributed by atoms with Crippen LogP contribution in [0.5, 0.6) is 0 Å². The second-order valence-electron chi connectivity index (χ2n) is 4.82. The van der Waals surface area contributed by atoms with Crippen LogP contribution in [0.1, 0.15) is 31.8 Å². The largest absolute Gasteiger partial charge is 0.465 e. The van der Waals surface area contributed by atoms with Crippen LogP contribution in [0.3, 0.4) is 0 Å². The molecule has 0 aliphatic carbocycles. The molecule has 0 aromatic heterocycles. The molecule has 0 radical (unpaired) electrons. The number of ether oxygens (including phenoxy) is 2. The first kappa shape index (κ1) is 21.5. The molecule has 134 valence electrons. The number of halogens is 3. The molecule has 0 spiro atoms. The number of alkyl halides is 1. The predicted molar refractivity (Wildman–Crippen MR) is 103 cm³/mol. The number of aryl methyl sites for hydroxylation is 1. The van der Waals surface area contributed by atoms with Crippen LogP contribution in [0, 0.1) is 6.92 Å². The molecule has 0 aliphatic heterocycles. The second-order valence-corrected chi connectivity index (χ2v) is 6.20. The van der Waals surface area contributed by atoms with Gasteiger partial charge in [-0.2, -0.15) is 0 Å². The third kappa shape index (κ3) is 5.73. The summed E-state index contributed by atoms with van der Waals surface area (Å²) < 4.78 is 9.19. The van der Waals surface area contributed by atoms with E-state index in [1.165, 1.54) is 14.2 Å². The molecular weight excluding hydrogens is 431 g/mol. The molecule has 0 aliphatic rings. The number of rotatable bonds is 3. The van der Waals surface area contributed by atoms with Crippen LogP contribution in [-0.4, -0.2) is 26.2 Å². The first-order chi connectivity index (χ1) is 11.9. The van der Waals surface area contributed by atoms with Crippen molar-refractivity contribution in [3.8, 4) is 0 Å². The van der Waals surface area contributed by atoms with E-state index in [1.807, 2.05) is 19.1 Å². The van der Waals surface area contributed by atoms with Crippen LogP contribution < -0.4 is 0 Å². The van der Waals surface area contributed by atoms with E-state index in [0.717, 1.165) is 11.1 Å². The van der Waals surface area contributed by atoms with Crippen molar-refractivity contribution in [3.05, 3.63) is 68.7 Å². The minimum absolute atomic E-state index is 0.391. The maximum atomic E-state index is 11.3. The lowest BCUT2D eigenvalue weighted by Crippen LogP contribution is -2.05. The van der Waals surface area contributed by atoms with E-state index in [-0.39, 0.29) is 0 Å². The van der Waals surface area contributed by atoms with E-state index in [4.69, 9.17) is 23.2 Å². The standard InChI is InChI=1S/C9H8BrClO2.C9H9ClO2/c1-13-9(12)8-6(5-10)3-2-4-7(8)11;1-6-4-3-5-7(10)8(6)9(11)12-2/h2-4H,5H2,1H3;3-5H,1-2H3. The minimum atomic E-state index is -0.403. The van der Waals surface area contributed by atoms with E-state index in [9.17, 15) is 9.59 Å². The summed E-state index contributed by atoms with van der Waals surface area (Å²) in [7, 11) is 2.68. The highest BCUT2D eigenvalue weighted by Crippen LogP contribution is 2.22. The lowest BCUT2D eigenvalue weighted by atomic mass is 10.1. The number of carbonyl (C=O) groups excluding carboxylic acids is 2. The lowest BCUT2D eigenvalue weighted by Gasteiger charge is -2.06. The van der Waals surface area contributed by atoms with E-state index >= 15 is 0 Å². The average Bonchev–Trinajstić information content (AvgIpc) is 2.61. The highest BCUT2D eigenvalue weighted by Gasteiger charge is 2.14. The van der Waals surface area contributed by atoms with Gasteiger partial charge in [0.05, 0.1) is 35.4 Å². The quantitative estimate of drug-likeness (QED) is 0.463. The van der Waals surface area contributed by atoms with Crippen molar-refractivity contribution in [2.24, 2.45) is 0 Å². The fourth-order valence-electron chi connectivity index (χ4n) is 2.00. The Morgan fingerprint density at radius 1 is 0.920 bits per heavy atom. The zero-order chi connectivity index (χ0) is 19.0. The molecule has 0 saturated heterocycles. The molecule has 0 fully saturated rings. The van der Waals surface area contributed by atoms with E-state index in [1.54, 1.807) is 24.3 Å². The summed E-state index contributed by atoms with van der Waals surface area (Å²) in [5.41, 5.74) is 2.54. The smallest absolute Gasteiger partial charge is 0.339 e. The van der Waals surface area contributed by atoms with Crippen molar-refractivity contribution in [1.29, 1.82) is 0 Å². The van der Waals surface area contributed by atoms with Gasteiger partial charge in [0.25, 0.3) is 0 Å². The molecule has 7 heteroatoms. The third-order valence-corrected chi connectivity index (χ3v) is 4.48. The van der Waals surface area contributed by atoms with Gasteiger partial charge in [0.15, 0.2) is 0 Å². The van der Waals surface area contributed by atoms with Crippen molar-refractivity contribution >= 4 is 51.1 Å². The normalized spacial score (nSPS) is 9.68. The van der Waals surface area contributed by atoms with E-state index in [2.05, 4.69) is 25.4 Å². The first-order valence-electron chi connectivity index (χ1n) is 7.12. The molecule has 2 aromatic rings. The molecule has 2 aromatic carbocycles. The number of benzene rings is 2. The number of hydrogen-bond donors (Lipinski definition) is 0. The Kier molecular flexibility index (Phi) is 8.97. The Balaban J connectivity index is 0.000000251. The van der Waals surface area contributed by atoms with Crippen molar-refractivity contribution in [2.75, 3.05) is 14.2 Å². The van der Waals surface area contributed by atoms with Crippen LogP contribution >= 0.6 is 39.1 Å². The summed E-state index contributed by atoms with van der Waals surface area (Å²) in [4.78, 5) is 22.4. The van der Waals surface area contributed by atoms with Gasteiger partial charge in [0, 0.05) is 5.33 Å². The summed E-state index contributed by atoms with van der Waals surface area (Å²) >= 11 is 14.9. The van der Waals surface area contributed by atoms with Crippen LogP contribution in [-0.2, 0) is 14.8 Å². The molecule has 2 rings (SSSR count). The Labute approximate surface area is 165 Å². The Bertz CT molecular complexity index is 742. The molecular formula is C18H17BrCl2O4. The van der Waals surface area contributed by atoms with Crippen molar-refractivity contribution in [3.63, 3.8) is 0 Å². The Morgan fingerprint density at radius 3 is 1.88 bits per heavy atom. The van der Waals surface area contributed by atoms with E-state index in [0.29, 0.717) is 26.5 Å². The highest BCUT2D eigenvalue weighted by atomic mass is 79.9. The summed E-state index contributed by atoms with van der Waals surface area (Å²) in [6.07, 6.45) is 0. The highest BCUT2D eigenvalue weighted by molar-refractivity contribution is 9.08. The minimum Gasteiger partial charge on any atom is -0.465 e. The number of carbonyl (C=O) groups is 2. The van der Waals surface area contributed by atoms with Gasteiger partial charge >= 0.3 is 11.9 Å². The van der Waals surface area contributed by atoms with Crippen molar-refractivity contribution < 1.29 is 19.1 Å². The van der Waals surface area contributed by atoms with Gasteiger partial charge in [0.1, 0.15) is 0 Å². The van der Waals surface area contributed by atoms with Gasteiger partial charge in [-0.15, -0.1) is 0 Å². The van der Waals surface area contributed by atoms with Crippen LogP contribution in [0.25, 0.3) is 0 Å². The molecule has 25 heavy (non-hydrogen) atoms. The van der Waals surface area contributed by atoms with Gasteiger partial charge < -0.3 is 9.47 Å². The summed E-state index contributed by atoms with van der Waals surface area (Å²) in [5.74, 6) is -0.793. The van der Waals surface area contributed by atoms with Gasteiger partial charge in [-0.1, -0.05) is 63.4 Å². The molecule has 0 atom stereocenters. The van der Waals surface area contributed by atoms with Gasteiger partial charge in [-0.25, -0.2) is 9.59 Å². The molecule has 0 unspecified atom stereocenters. The zero-order valence-corrected chi connectivity index (χ0v) is 17.0. The van der Waals surface area contributed by atoms with Crippen LogP contribution in [0.2, 0.25) is 10.0 Å². The van der Waals surface area contributed by atoms with Gasteiger partial charge in [-0.3, -0.25) is 0 Å². The monoisotopic (exact) mass is 446 g/mol. The average molecular weight is 448 g/mol. The lowest BCUT2D eigenvalue weighted by molar-refractivity contribution is 0.0591. The fourth-order valence-corrected chi connectivity index (χ4v) is 3.04. The van der Waals surface area contributed by atoms with Gasteiger partial charge in [0.2, 0.25) is 0 Å². The molecule has 0 heterocycles. The van der Waals surface area contributed by atoms with Gasteiger partial charge in [-0.05, 0) is 30.2 Å². The molecule has 0 bridgehead atoms. The van der Waals surface area contributed by atoms with Crippen molar-refractivity contribution in [2.45, 2.75) is 12.3 Å². The van der Waals surface area contributed by atoms with Crippen LogP contribution in [0.15, 0.2) is 36.4 Å². The van der Waals surface area contributed by atoms with Crippen LogP contribution in [0.4, 0.5) is 0 Å². The Morgan fingerprint density at radius 2 is 1.40 bits per heavy atom. The zero-order valence-electron chi connectivity index (χ0n) is 13.9. The topological polar surface area (TPSA) is 52.6 Å². The molecule has 0 amide bonds. The predicted octanol–water partition coefficient (Wildman–Crippen LogP) is 5.46. The van der Waals surface area contributed by atoms with E-state index < -0.39 is 11.9 Å². The maximum Gasteiger partial charge on any atom is 0.339 e. The maximum absolute atomic E-state index is 11.3. The fraction of sp³-hybridized carbons (Fsp3) is 0.222. The number of hydrogen-bond acceptors (Lipinski definition) is 4. The Hall–Kier alpha value is -1.56. The third-order valence-electron chi connectivity index (χ3n) is 3.24. The number of esters is 2. The summed E-state index contributed by atoms with van der Waals surface area (Å²) in [6.45, 7) is 1.82. The number of methoxy groups -OCH3 is 2. The summed E-state index contributed by atoms with van der Waals surface area (Å²) in [6, 6.07) is 10.6. The molecule has 0 N–H and O–H groups in total. The second kappa shape index (κ2) is 10.4. The van der Waals surface area contributed by atoms with Crippen molar-refractivity contribution in [1.82, 2.24) is 0 Å². The summed E-state index contributed by atoms with van der Waals surface area (Å²) in [5, 5.41) is 1.43.